The van der Waals surface area contributed by atoms with Crippen molar-refractivity contribution < 1.29 is 38.9 Å². The number of methoxy groups -OCH3 is 1. The Morgan fingerprint density at radius 3 is 2.47 bits per heavy atom. The highest BCUT2D eigenvalue weighted by Crippen LogP contribution is 2.62. The molecule has 3 N–H and O–H groups in total. The number of fused-ring (bicyclic) bond motifs is 3. The van der Waals surface area contributed by atoms with Gasteiger partial charge in [-0.1, -0.05) is 50.5 Å². The van der Waals surface area contributed by atoms with Crippen molar-refractivity contribution in [3.05, 3.63) is 69.3 Å². The number of aliphatic carboxylic acids is 1. The van der Waals surface area contributed by atoms with E-state index in [-0.39, 0.29) is 52.4 Å². The van der Waals surface area contributed by atoms with Crippen LogP contribution >= 0.6 is 0 Å². The smallest absolute Gasteiger partial charge is 0.307 e. The summed E-state index contributed by atoms with van der Waals surface area (Å²) < 4.78 is 11.6. The molecule has 45 heavy (non-hydrogen) atoms. The third-order valence-corrected chi connectivity index (χ3v) is 11.5. The van der Waals surface area contributed by atoms with Gasteiger partial charge in [-0.3, -0.25) is 19.2 Å². The van der Waals surface area contributed by atoms with E-state index in [1.807, 2.05) is 19.9 Å². The van der Waals surface area contributed by atoms with Gasteiger partial charge in [0.1, 0.15) is 33.6 Å². The van der Waals surface area contributed by atoms with Gasteiger partial charge in [0.15, 0.2) is 17.0 Å². The molecule has 0 unspecified atom stereocenters. The normalized spacial score (nSPS) is 32.6. The average Bonchev–Trinajstić information content (AvgIpc) is 2.95. The van der Waals surface area contributed by atoms with Crippen LogP contribution in [0.25, 0.3) is 11.0 Å². The number of phenols is 2. The fourth-order valence-corrected chi connectivity index (χ4v) is 9.26. The third kappa shape index (κ3) is 4.41. The number of aromatic hydroxyl groups is 2. The van der Waals surface area contributed by atoms with Crippen molar-refractivity contribution in [1.82, 2.24) is 0 Å². The van der Waals surface area contributed by atoms with Crippen LogP contribution in [-0.4, -0.2) is 40.0 Å². The molecule has 2 aromatic rings. The molecule has 9 heteroatoms. The zero-order chi connectivity index (χ0) is 32.6. The minimum absolute atomic E-state index is 0.0526. The molecule has 6 rings (SSSR count). The van der Waals surface area contributed by atoms with Crippen LogP contribution in [0.5, 0.6) is 11.5 Å². The van der Waals surface area contributed by atoms with E-state index in [1.165, 1.54) is 30.9 Å². The first-order valence-electron chi connectivity index (χ1n) is 15.6. The Labute approximate surface area is 261 Å². The molecule has 6 atom stereocenters. The van der Waals surface area contributed by atoms with Crippen molar-refractivity contribution in [2.45, 2.75) is 71.6 Å². The van der Waals surface area contributed by atoms with Crippen molar-refractivity contribution in [2.75, 3.05) is 7.11 Å². The van der Waals surface area contributed by atoms with Gasteiger partial charge in [-0.05, 0) is 55.8 Å². The van der Waals surface area contributed by atoms with Gasteiger partial charge in [0.2, 0.25) is 5.78 Å². The van der Waals surface area contributed by atoms with E-state index in [0.29, 0.717) is 6.42 Å². The maximum atomic E-state index is 14.6. The largest absolute Gasteiger partial charge is 0.508 e. The molecule has 1 fully saturated rings. The predicted octanol–water partition coefficient (Wildman–Crippen LogP) is 5.96. The van der Waals surface area contributed by atoms with E-state index in [9.17, 15) is 34.5 Å². The van der Waals surface area contributed by atoms with E-state index in [0.717, 1.165) is 30.9 Å². The minimum Gasteiger partial charge on any atom is -0.508 e. The van der Waals surface area contributed by atoms with Crippen molar-refractivity contribution >= 4 is 28.5 Å². The zero-order valence-electron chi connectivity index (χ0n) is 26.3. The number of benzene rings is 1. The summed E-state index contributed by atoms with van der Waals surface area (Å²) in [4.78, 5) is 55.1. The van der Waals surface area contributed by atoms with E-state index in [4.69, 9.17) is 9.15 Å². The number of carbonyl (C=O) groups excluding carboxylic acids is 2. The minimum atomic E-state index is -1.69. The number of ketones is 2. The summed E-state index contributed by atoms with van der Waals surface area (Å²) in [5.41, 5.74) is -1.30. The molecular weight excluding hydrogens is 576 g/mol. The lowest BCUT2D eigenvalue weighted by molar-refractivity contribution is -0.151. The standard InChI is InChI=1S/C36H40O9/c1-18-8-9-22-32(41)28(44-5)16-29(40)36(22,30-15-26(39)31-25(38)13-19(37)14-27(31)45-30)24(18)17-35(4)21-7-6-12-34(2,3)20(21)10-11-23(35)33(42)43/h8,10,13-16,21-24,37-38H,6-7,9,11-12,17H2,1-5H3,(H,42,43)/t21-,22-,23-,24+,35+,36-/m1/s1. The molecular formula is C36H40O9. The van der Waals surface area contributed by atoms with E-state index in [1.54, 1.807) is 0 Å². The SMILES string of the molecule is COC1=CC(=O)[C@@]2(c3cc(=O)c4c(O)cc(O)cc4o3)[C@H](CC=C(C)[C@@H]2C[C@]2(C)[C@@H](C(=O)O)CC=C3[C@H]2CCCC3(C)C)C1=O. The van der Waals surface area contributed by atoms with E-state index >= 15 is 0 Å². The quantitative estimate of drug-likeness (QED) is 0.346. The topological polar surface area (TPSA) is 151 Å². The molecule has 1 heterocycles. The lowest BCUT2D eigenvalue weighted by Crippen LogP contribution is -2.58. The Balaban J connectivity index is 1.62. The number of carbonyl (C=O) groups is 3. The van der Waals surface area contributed by atoms with E-state index in [2.05, 4.69) is 19.9 Å². The molecule has 0 aliphatic heterocycles. The second-order valence-corrected chi connectivity index (χ2v) is 14.2. The van der Waals surface area contributed by atoms with Crippen molar-refractivity contribution in [1.29, 1.82) is 0 Å². The third-order valence-electron chi connectivity index (χ3n) is 11.5. The number of ether oxygens (including phenoxy) is 1. The lowest BCUT2D eigenvalue weighted by Gasteiger charge is -2.56. The van der Waals surface area contributed by atoms with E-state index < -0.39 is 57.3 Å². The summed E-state index contributed by atoms with van der Waals surface area (Å²) in [7, 11) is 1.33. The fraction of sp³-hybridized carbons (Fsp3) is 0.500. The van der Waals surface area contributed by atoms with Crippen LogP contribution in [0.15, 0.2) is 62.5 Å². The lowest BCUT2D eigenvalue weighted by atomic mass is 9.46. The number of rotatable bonds is 5. The predicted molar refractivity (Wildman–Crippen MR) is 166 cm³/mol. The number of hydrogen-bond acceptors (Lipinski definition) is 8. The Morgan fingerprint density at radius 1 is 1.04 bits per heavy atom. The van der Waals surface area contributed by atoms with Gasteiger partial charge in [0.05, 0.1) is 13.0 Å². The molecule has 0 saturated heterocycles. The second-order valence-electron chi connectivity index (χ2n) is 14.2. The first-order valence-corrected chi connectivity index (χ1v) is 15.6. The summed E-state index contributed by atoms with van der Waals surface area (Å²) in [6.45, 7) is 8.29. The highest BCUT2D eigenvalue weighted by molar-refractivity contribution is 6.14. The molecule has 4 aliphatic rings. The first kappa shape index (κ1) is 30.9. The van der Waals surface area contributed by atoms with Crippen LogP contribution in [0.4, 0.5) is 0 Å². The average molecular weight is 617 g/mol. The highest BCUT2D eigenvalue weighted by Gasteiger charge is 2.63. The number of carboxylic acids is 1. The van der Waals surface area contributed by atoms with Crippen LogP contribution < -0.4 is 5.43 Å². The van der Waals surface area contributed by atoms with Crippen LogP contribution in [0, 0.1) is 34.5 Å². The zero-order valence-corrected chi connectivity index (χ0v) is 26.3. The Bertz CT molecular complexity index is 1790. The number of phenolic OH excluding ortho intramolecular Hbond substituents is 2. The van der Waals surface area contributed by atoms with Crippen molar-refractivity contribution in [2.24, 2.45) is 34.5 Å². The summed E-state index contributed by atoms with van der Waals surface area (Å²) >= 11 is 0. The van der Waals surface area contributed by atoms with Gasteiger partial charge >= 0.3 is 5.97 Å². The van der Waals surface area contributed by atoms with Crippen LogP contribution in [0.3, 0.4) is 0 Å². The summed E-state index contributed by atoms with van der Waals surface area (Å²) in [6, 6.07) is 3.40. The molecule has 1 aromatic carbocycles. The highest BCUT2D eigenvalue weighted by atomic mass is 16.5. The molecule has 0 radical (unpaired) electrons. The first-order chi connectivity index (χ1) is 21.2. The maximum absolute atomic E-state index is 14.6. The molecule has 1 aromatic heterocycles. The molecule has 4 aliphatic carbocycles. The molecule has 238 valence electrons. The molecule has 0 amide bonds. The van der Waals surface area contributed by atoms with Gasteiger partial charge < -0.3 is 24.5 Å². The number of carboxylic acid groups (broad SMARTS) is 1. The van der Waals surface area contributed by atoms with Gasteiger partial charge in [0, 0.05) is 36.1 Å². The van der Waals surface area contributed by atoms with Gasteiger partial charge in [0.25, 0.3) is 0 Å². The Morgan fingerprint density at radius 2 is 1.78 bits per heavy atom. The molecule has 9 nitrogen and oxygen atoms in total. The molecule has 1 saturated carbocycles. The van der Waals surface area contributed by atoms with Crippen LogP contribution in [0.2, 0.25) is 0 Å². The summed E-state index contributed by atoms with van der Waals surface area (Å²) in [5.74, 6) is -5.22. The van der Waals surface area contributed by atoms with Crippen LogP contribution in [-0.2, 0) is 24.5 Å². The Kier molecular flexibility index (Phi) is 7.17. The number of allylic oxidation sites excluding steroid dienone is 6. The maximum Gasteiger partial charge on any atom is 0.307 e. The molecule has 0 spiro atoms. The second kappa shape index (κ2) is 10.5. The fourth-order valence-electron chi connectivity index (χ4n) is 9.26. The van der Waals surface area contributed by atoms with Gasteiger partial charge in [-0.15, -0.1) is 0 Å². The monoisotopic (exact) mass is 616 g/mol. The summed E-state index contributed by atoms with van der Waals surface area (Å²) in [5, 5.41) is 31.1. The summed E-state index contributed by atoms with van der Waals surface area (Å²) in [6.07, 6.45) is 8.74. The van der Waals surface area contributed by atoms with Gasteiger partial charge in [-0.2, -0.15) is 0 Å². The van der Waals surface area contributed by atoms with Crippen molar-refractivity contribution in [3.8, 4) is 11.5 Å². The Hall–Kier alpha value is -4.14. The van der Waals surface area contributed by atoms with Crippen LogP contribution in [0.1, 0.15) is 72.0 Å². The number of hydrogen-bond donors (Lipinski definition) is 3. The molecule has 0 bridgehead atoms. The van der Waals surface area contributed by atoms with Crippen molar-refractivity contribution in [3.63, 3.8) is 0 Å². The number of Topliss-reactive ketones (excluding diaryl/α,β-unsaturated/α-hetero) is 1. The van der Waals surface area contributed by atoms with Gasteiger partial charge in [-0.25, -0.2) is 0 Å².